The summed E-state index contributed by atoms with van der Waals surface area (Å²) in [4.78, 5) is 18.9. The zero-order valence-electron chi connectivity index (χ0n) is 11.8. The van der Waals surface area contributed by atoms with Crippen molar-refractivity contribution < 1.29 is 4.79 Å². The molecule has 1 fully saturated rings. The summed E-state index contributed by atoms with van der Waals surface area (Å²) in [7, 11) is 1.90. The summed E-state index contributed by atoms with van der Waals surface area (Å²) in [6.45, 7) is 2.69. The van der Waals surface area contributed by atoms with Crippen LogP contribution in [-0.2, 0) is 7.05 Å². The predicted octanol–water partition coefficient (Wildman–Crippen LogP) is 2.10. The molecule has 1 amide bonds. The van der Waals surface area contributed by atoms with Gasteiger partial charge in [0.25, 0.3) is 5.91 Å². The van der Waals surface area contributed by atoms with Crippen LogP contribution in [-0.4, -0.2) is 32.1 Å². The number of hydrogen-bond acceptors (Lipinski definition) is 3. The van der Waals surface area contributed by atoms with Crippen LogP contribution in [0.3, 0.4) is 0 Å². The molecule has 0 bridgehead atoms. The number of pyridine rings is 1. The average molecular weight is 270 g/mol. The van der Waals surface area contributed by atoms with Crippen LogP contribution < -0.4 is 0 Å². The van der Waals surface area contributed by atoms with Crippen molar-refractivity contribution in [2.75, 3.05) is 6.54 Å². The van der Waals surface area contributed by atoms with Gasteiger partial charge in [-0.2, -0.15) is 5.10 Å². The van der Waals surface area contributed by atoms with E-state index < -0.39 is 0 Å². The standard InChI is InChI=1S/C15H18N4O/c1-11-5-3-6-13(17-11)15(20)19-8-4-7-14(19)12-9-16-18(2)10-12/h3,5-6,9-10,14H,4,7-8H2,1-2H3/t14-/m1/s1. The number of aryl methyl sites for hydroxylation is 2. The molecule has 0 N–H and O–H groups in total. The zero-order chi connectivity index (χ0) is 14.1. The minimum atomic E-state index is 0.0139. The van der Waals surface area contributed by atoms with Crippen molar-refractivity contribution in [1.29, 1.82) is 0 Å². The highest BCUT2D eigenvalue weighted by Gasteiger charge is 2.31. The fourth-order valence-corrected chi connectivity index (χ4v) is 2.78. The molecule has 3 rings (SSSR count). The van der Waals surface area contributed by atoms with E-state index in [4.69, 9.17) is 0 Å². The minimum Gasteiger partial charge on any atom is -0.330 e. The second-order valence-corrected chi connectivity index (χ2v) is 5.27. The Morgan fingerprint density at radius 2 is 2.25 bits per heavy atom. The minimum absolute atomic E-state index is 0.0139. The summed E-state index contributed by atoms with van der Waals surface area (Å²) in [5.74, 6) is 0.0139. The molecule has 0 saturated carbocycles. The molecule has 1 aliphatic heterocycles. The number of nitrogens with zero attached hydrogens (tertiary/aromatic N) is 4. The van der Waals surface area contributed by atoms with Crippen LogP contribution >= 0.6 is 0 Å². The Labute approximate surface area is 118 Å². The summed E-state index contributed by atoms with van der Waals surface area (Å²) in [6, 6.07) is 5.69. The SMILES string of the molecule is Cc1cccc(C(=O)N2CCC[C@@H]2c2cnn(C)c2)n1. The van der Waals surface area contributed by atoms with Gasteiger partial charge in [-0.1, -0.05) is 6.07 Å². The number of rotatable bonds is 2. The highest BCUT2D eigenvalue weighted by atomic mass is 16.2. The predicted molar refractivity (Wildman–Crippen MR) is 75.2 cm³/mol. The molecule has 0 spiro atoms. The molecular weight excluding hydrogens is 252 g/mol. The van der Waals surface area contributed by atoms with Gasteiger partial charge in [0.15, 0.2) is 0 Å². The lowest BCUT2D eigenvalue weighted by molar-refractivity contribution is 0.0729. The highest BCUT2D eigenvalue weighted by molar-refractivity contribution is 5.92. The Hall–Kier alpha value is -2.17. The van der Waals surface area contributed by atoms with Crippen molar-refractivity contribution in [2.45, 2.75) is 25.8 Å². The summed E-state index contributed by atoms with van der Waals surface area (Å²) >= 11 is 0. The largest absolute Gasteiger partial charge is 0.330 e. The molecule has 1 atom stereocenters. The molecule has 5 nitrogen and oxygen atoms in total. The van der Waals surface area contributed by atoms with Gasteiger partial charge in [-0.15, -0.1) is 0 Å². The maximum absolute atomic E-state index is 12.6. The van der Waals surface area contributed by atoms with E-state index in [2.05, 4.69) is 10.1 Å². The molecular formula is C15H18N4O. The number of likely N-dealkylation sites (tertiary alicyclic amines) is 1. The van der Waals surface area contributed by atoms with Crippen LogP contribution in [0, 0.1) is 6.92 Å². The Bertz CT molecular complexity index is 634. The maximum atomic E-state index is 12.6. The van der Waals surface area contributed by atoms with Gasteiger partial charge in [-0.05, 0) is 31.9 Å². The lowest BCUT2D eigenvalue weighted by Crippen LogP contribution is -2.31. The van der Waals surface area contributed by atoms with E-state index in [0.717, 1.165) is 30.6 Å². The number of carbonyl (C=O) groups excluding carboxylic acids is 1. The molecule has 0 unspecified atom stereocenters. The third kappa shape index (κ3) is 2.31. The molecule has 0 radical (unpaired) electrons. The van der Waals surface area contributed by atoms with E-state index in [0.29, 0.717) is 5.69 Å². The van der Waals surface area contributed by atoms with Crippen LogP contribution in [0.2, 0.25) is 0 Å². The first-order chi connectivity index (χ1) is 9.65. The second kappa shape index (κ2) is 5.07. The maximum Gasteiger partial charge on any atom is 0.272 e. The zero-order valence-corrected chi connectivity index (χ0v) is 11.8. The molecule has 1 aliphatic rings. The van der Waals surface area contributed by atoms with Crippen molar-refractivity contribution in [3.8, 4) is 0 Å². The lowest BCUT2D eigenvalue weighted by Gasteiger charge is -2.23. The average Bonchev–Trinajstić information content (AvgIpc) is 3.06. The quantitative estimate of drug-likeness (QED) is 0.839. The number of carbonyl (C=O) groups is 1. The first-order valence-corrected chi connectivity index (χ1v) is 6.88. The number of aromatic nitrogens is 3. The molecule has 0 aromatic carbocycles. The van der Waals surface area contributed by atoms with Crippen molar-refractivity contribution in [3.63, 3.8) is 0 Å². The monoisotopic (exact) mass is 270 g/mol. The molecule has 2 aromatic rings. The van der Waals surface area contributed by atoms with Gasteiger partial charge in [-0.3, -0.25) is 9.48 Å². The third-order valence-corrected chi connectivity index (χ3v) is 3.73. The van der Waals surface area contributed by atoms with Crippen molar-refractivity contribution in [1.82, 2.24) is 19.7 Å². The summed E-state index contributed by atoms with van der Waals surface area (Å²) < 4.78 is 1.78. The van der Waals surface area contributed by atoms with E-state index in [9.17, 15) is 4.79 Å². The fraction of sp³-hybridized carbons (Fsp3) is 0.400. The normalized spacial score (nSPS) is 18.5. The van der Waals surface area contributed by atoms with Crippen LogP contribution in [0.1, 0.15) is 40.6 Å². The molecule has 0 aliphatic carbocycles. The van der Waals surface area contributed by atoms with Gasteiger partial charge < -0.3 is 4.90 Å². The van der Waals surface area contributed by atoms with E-state index in [1.165, 1.54) is 0 Å². The Morgan fingerprint density at radius 3 is 2.95 bits per heavy atom. The first kappa shape index (κ1) is 12.8. The second-order valence-electron chi connectivity index (χ2n) is 5.27. The fourth-order valence-electron chi connectivity index (χ4n) is 2.78. The van der Waals surface area contributed by atoms with Crippen LogP contribution in [0.5, 0.6) is 0 Å². The summed E-state index contributed by atoms with van der Waals surface area (Å²) in [5, 5.41) is 4.20. The van der Waals surface area contributed by atoms with Gasteiger partial charge in [-0.25, -0.2) is 4.98 Å². The molecule has 20 heavy (non-hydrogen) atoms. The molecule has 104 valence electrons. The van der Waals surface area contributed by atoms with Crippen molar-refractivity contribution >= 4 is 5.91 Å². The van der Waals surface area contributed by atoms with Gasteiger partial charge in [0.2, 0.25) is 0 Å². The van der Waals surface area contributed by atoms with Gasteiger partial charge >= 0.3 is 0 Å². The van der Waals surface area contributed by atoms with Gasteiger partial charge in [0, 0.05) is 31.0 Å². The number of amides is 1. The Morgan fingerprint density at radius 1 is 1.40 bits per heavy atom. The van der Waals surface area contributed by atoms with Crippen LogP contribution in [0.4, 0.5) is 0 Å². The van der Waals surface area contributed by atoms with E-state index in [1.807, 2.05) is 43.4 Å². The Balaban J connectivity index is 1.87. The number of hydrogen-bond donors (Lipinski definition) is 0. The lowest BCUT2D eigenvalue weighted by atomic mass is 10.1. The van der Waals surface area contributed by atoms with Crippen molar-refractivity contribution in [3.05, 3.63) is 47.5 Å². The smallest absolute Gasteiger partial charge is 0.272 e. The molecule has 5 heteroatoms. The highest BCUT2D eigenvalue weighted by Crippen LogP contribution is 2.32. The van der Waals surface area contributed by atoms with Crippen molar-refractivity contribution in [2.24, 2.45) is 7.05 Å². The van der Waals surface area contributed by atoms with Gasteiger partial charge in [0.05, 0.1) is 12.2 Å². The summed E-state index contributed by atoms with van der Waals surface area (Å²) in [5.41, 5.74) is 2.50. The van der Waals surface area contributed by atoms with E-state index in [-0.39, 0.29) is 11.9 Å². The summed E-state index contributed by atoms with van der Waals surface area (Å²) in [6.07, 6.45) is 5.85. The van der Waals surface area contributed by atoms with E-state index in [1.54, 1.807) is 10.7 Å². The topological polar surface area (TPSA) is 51.0 Å². The van der Waals surface area contributed by atoms with E-state index >= 15 is 0 Å². The molecule has 1 saturated heterocycles. The van der Waals surface area contributed by atoms with Crippen LogP contribution in [0.15, 0.2) is 30.6 Å². The van der Waals surface area contributed by atoms with Gasteiger partial charge in [0.1, 0.15) is 5.69 Å². The van der Waals surface area contributed by atoms with Crippen LogP contribution in [0.25, 0.3) is 0 Å². The third-order valence-electron chi connectivity index (χ3n) is 3.73. The molecule has 3 heterocycles. The molecule has 2 aromatic heterocycles. The Kier molecular flexibility index (Phi) is 3.26. The first-order valence-electron chi connectivity index (χ1n) is 6.88.